The van der Waals surface area contributed by atoms with Crippen molar-refractivity contribution in [3.63, 3.8) is 0 Å². The first-order valence-corrected chi connectivity index (χ1v) is 8.78. The van der Waals surface area contributed by atoms with Crippen LogP contribution in [0.25, 0.3) is 5.65 Å². The monoisotopic (exact) mass is 363 g/mol. The fraction of sp³-hybridized carbons (Fsp3) is 0.529. The third-order valence-corrected chi connectivity index (χ3v) is 5.13. The van der Waals surface area contributed by atoms with E-state index in [1.807, 2.05) is 30.5 Å². The Morgan fingerprint density at radius 2 is 2.18 bits per heavy atom. The van der Waals surface area contributed by atoms with Gasteiger partial charge in [0.05, 0.1) is 10.2 Å². The van der Waals surface area contributed by atoms with Gasteiger partial charge >= 0.3 is 0 Å². The molecule has 1 unspecified atom stereocenters. The number of aryl methyl sites for hydroxylation is 2. The first-order chi connectivity index (χ1) is 10.5. The first-order valence-electron chi connectivity index (χ1n) is 7.98. The SMILES string of the molecule is CCC1CCCCN1C(=O)c1c(C)nc2c(Br)cc(C)cn12. The van der Waals surface area contributed by atoms with Crippen LogP contribution in [-0.4, -0.2) is 32.8 Å². The maximum absolute atomic E-state index is 13.1. The number of fused-ring (bicyclic) bond motifs is 1. The van der Waals surface area contributed by atoms with Crippen molar-refractivity contribution in [2.45, 2.75) is 52.5 Å². The molecule has 0 saturated carbocycles. The summed E-state index contributed by atoms with van der Waals surface area (Å²) < 4.78 is 2.87. The van der Waals surface area contributed by atoms with Gasteiger partial charge in [-0.15, -0.1) is 0 Å². The smallest absolute Gasteiger partial charge is 0.273 e. The minimum absolute atomic E-state index is 0.119. The summed E-state index contributed by atoms with van der Waals surface area (Å²) in [5.74, 6) is 0.119. The summed E-state index contributed by atoms with van der Waals surface area (Å²) in [4.78, 5) is 19.8. The Hall–Kier alpha value is -1.36. The molecule has 0 N–H and O–H groups in total. The molecule has 22 heavy (non-hydrogen) atoms. The topological polar surface area (TPSA) is 37.6 Å². The molecular formula is C17H22BrN3O. The molecule has 1 amide bonds. The van der Waals surface area contributed by atoms with Crippen molar-refractivity contribution in [1.82, 2.24) is 14.3 Å². The number of likely N-dealkylation sites (tertiary alicyclic amines) is 1. The zero-order valence-electron chi connectivity index (χ0n) is 13.4. The van der Waals surface area contributed by atoms with Crippen LogP contribution in [0.15, 0.2) is 16.7 Å². The molecule has 2 aromatic rings. The molecule has 3 rings (SSSR count). The summed E-state index contributed by atoms with van der Waals surface area (Å²) in [5, 5.41) is 0. The summed E-state index contributed by atoms with van der Waals surface area (Å²) in [6.07, 6.45) is 6.45. The third-order valence-electron chi connectivity index (χ3n) is 4.55. The highest BCUT2D eigenvalue weighted by atomic mass is 79.9. The number of hydrogen-bond acceptors (Lipinski definition) is 2. The van der Waals surface area contributed by atoms with Crippen LogP contribution < -0.4 is 0 Å². The molecule has 1 saturated heterocycles. The van der Waals surface area contributed by atoms with Gasteiger partial charge in [0.2, 0.25) is 0 Å². The summed E-state index contributed by atoms with van der Waals surface area (Å²) in [7, 11) is 0. The van der Waals surface area contributed by atoms with E-state index in [9.17, 15) is 4.79 Å². The predicted octanol–water partition coefficient (Wildman–Crippen LogP) is 4.12. The van der Waals surface area contributed by atoms with Gasteiger partial charge in [-0.2, -0.15) is 0 Å². The van der Waals surface area contributed by atoms with Crippen LogP contribution in [0.4, 0.5) is 0 Å². The predicted molar refractivity (Wildman–Crippen MR) is 91.3 cm³/mol. The van der Waals surface area contributed by atoms with E-state index in [0.29, 0.717) is 11.7 Å². The van der Waals surface area contributed by atoms with Crippen molar-refractivity contribution >= 4 is 27.5 Å². The van der Waals surface area contributed by atoms with E-state index in [2.05, 4.69) is 32.7 Å². The average Bonchev–Trinajstić information content (AvgIpc) is 2.83. The highest BCUT2D eigenvalue weighted by molar-refractivity contribution is 9.10. The molecule has 1 aliphatic rings. The van der Waals surface area contributed by atoms with Crippen LogP contribution >= 0.6 is 15.9 Å². The molecule has 0 bridgehead atoms. The highest BCUT2D eigenvalue weighted by Crippen LogP contribution is 2.26. The summed E-state index contributed by atoms with van der Waals surface area (Å²) in [6.45, 7) is 6.98. The quantitative estimate of drug-likeness (QED) is 0.804. The molecule has 0 aliphatic carbocycles. The zero-order chi connectivity index (χ0) is 15.9. The number of hydrogen-bond donors (Lipinski definition) is 0. The zero-order valence-corrected chi connectivity index (χ0v) is 15.0. The van der Waals surface area contributed by atoms with Gasteiger partial charge in [-0.3, -0.25) is 9.20 Å². The second-order valence-electron chi connectivity index (χ2n) is 6.16. The molecule has 5 heteroatoms. The number of imidazole rings is 1. The second-order valence-corrected chi connectivity index (χ2v) is 7.02. The average molecular weight is 364 g/mol. The Morgan fingerprint density at radius 3 is 2.91 bits per heavy atom. The van der Waals surface area contributed by atoms with Gasteiger partial charge in [0, 0.05) is 18.8 Å². The van der Waals surface area contributed by atoms with Crippen LogP contribution in [-0.2, 0) is 0 Å². The van der Waals surface area contributed by atoms with Gasteiger partial charge in [-0.05, 0) is 67.1 Å². The Bertz CT molecular complexity index is 722. The molecule has 118 valence electrons. The number of halogens is 1. The van der Waals surface area contributed by atoms with E-state index in [-0.39, 0.29) is 5.91 Å². The van der Waals surface area contributed by atoms with E-state index in [4.69, 9.17) is 0 Å². The lowest BCUT2D eigenvalue weighted by atomic mass is 9.99. The van der Waals surface area contributed by atoms with E-state index in [1.165, 1.54) is 6.42 Å². The van der Waals surface area contributed by atoms with Gasteiger partial charge in [-0.25, -0.2) is 4.98 Å². The van der Waals surface area contributed by atoms with E-state index < -0.39 is 0 Å². The molecular weight excluding hydrogens is 342 g/mol. The van der Waals surface area contributed by atoms with E-state index >= 15 is 0 Å². The molecule has 0 radical (unpaired) electrons. The number of rotatable bonds is 2. The lowest BCUT2D eigenvalue weighted by Crippen LogP contribution is -2.44. The van der Waals surface area contributed by atoms with Gasteiger partial charge in [0.25, 0.3) is 5.91 Å². The van der Waals surface area contributed by atoms with Crippen LogP contribution in [0.3, 0.4) is 0 Å². The number of nitrogens with zero attached hydrogens (tertiary/aromatic N) is 3. The van der Waals surface area contributed by atoms with Crippen molar-refractivity contribution in [3.05, 3.63) is 33.7 Å². The normalized spacial score (nSPS) is 18.9. The molecule has 2 aromatic heterocycles. The van der Waals surface area contributed by atoms with Crippen molar-refractivity contribution in [1.29, 1.82) is 0 Å². The molecule has 1 aliphatic heterocycles. The fourth-order valence-corrected chi connectivity index (χ4v) is 4.07. The molecule has 4 nitrogen and oxygen atoms in total. The Kier molecular flexibility index (Phi) is 4.26. The van der Waals surface area contributed by atoms with Crippen LogP contribution in [0.5, 0.6) is 0 Å². The van der Waals surface area contributed by atoms with Gasteiger partial charge < -0.3 is 4.90 Å². The minimum Gasteiger partial charge on any atom is -0.334 e. The van der Waals surface area contributed by atoms with Crippen molar-refractivity contribution in [2.75, 3.05) is 6.54 Å². The standard InChI is InChI=1S/C17H22BrN3O/c1-4-13-7-5-6-8-20(13)17(22)15-12(3)19-16-14(18)9-11(2)10-21(15)16/h9-10,13H,4-8H2,1-3H3. The van der Waals surface area contributed by atoms with Gasteiger partial charge in [0.15, 0.2) is 5.65 Å². The molecule has 3 heterocycles. The van der Waals surface area contributed by atoms with Crippen LogP contribution in [0, 0.1) is 13.8 Å². The van der Waals surface area contributed by atoms with Crippen molar-refractivity contribution in [2.24, 2.45) is 0 Å². The van der Waals surface area contributed by atoms with Gasteiger partial charge in [-0.1, -0.05) is 6.92 Å². The largest absolute Gasteiger partial charge is 0.334 e. The Balaban J connectivity index is 2.09. The van der Waals surface area contributed by atoms with Crippen molar-refractivity contribution in [3.8, 4) is 0 Å². The number of aromatic nitrogens is 2. The van der Waals surface area contributed by atoms with E-state index in [0.717, 1.165) is 47.2 Å². The summed E-state index contributed by atoms with van der Waals surface area (Å²) >= 11 is 3.56. The van der Waals surface area contributed by atoms with Crippen LogP contribution in [0.2, 0.25) is 0 Å². The molecule has 1 fully saturated rings. The maximum Gasteiger partial charge on any atom is 0.273 e. The lowest BCUT2D eigenvalue weighted by Gasteiger charge is -2.35. The van der Waals surface area contributed by atoms with Crippen LogP contribution in [0.1, 0.15) is 54.4 Å². The molecule has 0 spiro atoms. The molecule has 1 atom stereocenters. The minimum atomic E-state index is 0.119. The number of pyridine rings is 1. The number of carbonyl (C=O) groups excluding carboxylic acids is 1. The third kappa shape index (κ3) is 2.56. The lowest BCUT2D eigenvalue weighted by molar-refractivity contribution is 0.0600. The summed E-state index contributed by atoms with van der Waals surface area (Å²) in [5.41, 5.74) is 3.43. The second kappa shape index (κ2) is 6.03. The highest BCUT2D eigenvalue weighted by Gasteiger charge is 2.29. The number of piperidine rings is 1. The maximum atomic E-state index is 13.1. The first kappa shape index (κ1) is 15.5. The number of amides is 1. The molecule has 0 aromatic carbocycles. The van der Waals surface area contributed by atoms with E-state index in [1.54, 1.807) is 0 Å². The Morgan fingerprint density at radius 1 is 1.41 bits per heavy atom. The number of carbonyl (C=O) groups is 1. The van der Waals surface area contributed by atoms with Gasteiger partial charge in [0.1, 0.15) is 5.69 Å². The summed E-state index contributed by atoms with van der Waals surface area (Å²) in [6, 6.07) is 2.39. The Labute approximate surface area is 139 Å². The fourth-order valence-electron chi connectivity index (χ4n) is 3.43. The van der Waals surface area contributed by atoms with Crippen molar-refractivity contribution < 1.29 is 4.79 Å².